The molecule has 0 aliphatic rings. The second kappa shape index (κ2) is 10.9. The van der Waals surface area contributed by atoms with Crippen molar-refractivity contribution in [3.05, 3.63) is 58.4 Å². The van der Waals surface area contributed by atoms with Gasteiger partial charge in [-0.25, -0.2) is 9.48 Å². The third-order valence-electron chi connectivity index (χ3n) is 4.10. The number of ether oxygens (including phenoxy) is 1. The minimum absolute atomic E-state index is 0.386. The molecule has 0 unspecified atom stereocenters. The Kier molecular flexibility index (Phi) is 8.60. The van der Waals surface area contributed by atoms with E-state index in [0.717, 1.165) is 17.0 Å². The topological polar surface area (TPSA) is 73.2 Å². The van der Waals surface area contributed by atoms with E-state index in [1.165, 1.54) is 13.2 Å². The Morgan fingerprint density at radius 2 is 2.07 bits per heavy atom. The molecular formula is C20H24ClN3O3S. The molecule has 1 atom stereocenters. The summed E-state index contributed by atoms with van der Waals surface area (Å²) in [7, 11) is 1.31. The van der Waals surface area contributed by atoms with Crippen molar-refractivity contribution in [2.45, 2.75) is 25.9 Å². The monoisotopic (exact) mass is 421 g/mol. The lowest BCUT2D eigenvalue weighted by molar-refractivity contribution is -0.144. The molecule has 0 fully saturated rings. The first-order valence-corrected chi connectivity index (χ1v) is 10.6. The maximum absolute atomic E-state index is 12.2. The quantitative estimate of drug-likeness (QED) is 0.496. The Bertz CT molecular complexity index is 837. The summed E-state index contributed by atoms with van der Waals surface area (Å²) in [6, 6.07) is 9.19. The largest absolute Gasteiger partial charge is 0.467 e. The fourth-order valence-corrected chi connectivity index (χ4v) is 3.39. The Labute approximate surface area is 174 Å². The zero-order chi connectivity index (χ0) is 20.5. The number of rotatable bonds is 9. The van der Waals surface area contributed by atoms with Crippen LogP contribution in [0.3, 0.4) is 0 Å². The second-order valence-electron chi connectivity index (χ2n) is 6.13. The summed E-state index contributed by atoms with van der Waals surface area (Å²) in [5, 5.41) is 7.58. The van der Waals surface area contributed by atoms with Crippen LogP contribution < -0.4 is 5.32 Å². The molecule has 0 radical (unpaired) electrons. The predicted molar refractivity (Wildman–Crippen MR) is 113 cm³/mol. The number of hydrogen-bond donors (Lipinski definition) is 1. The molecular weight excluding hydrogens is 398 g/mol. The van der Waals surface area contributed by atoms with Gasteiger partial charge in [0.2, 0.25) is 5.91 Å². The van der Waals surface area contributed by atoms with Crippen LogP contribution in [0.2, 0.25) is 5.15 Å². The summed E-state index contributed by atoms with van der Waals surface area (Å²) >= 11 is 8.05. The van der Waals surface area contributed by atoms with E-state index in [1.807, 2.05) is 43.5 Å². The summed E-state index contributed by atoms with van der Waals surface area (Å²) in [4.78, 5) is 24.1. The number of hydrogen-bond acceptors (Lipinski definition) is 5. The zero-order valence-corrected chi connectivity index (χ0v) is 17.7. The van der Waals surface area contributed by atoms with Crippen molar-refractivity contribution in [3.8, 4) is 0 Å². The van der Waals surface area contributed by atoms with E-state index in [9.17, 15) is 9.59 Å². The van der Waals surface area contributed by atoms with Crippen molar-refractivity contribution in [2.24, 2.45) is 0 Å². The van der Waals surface area contributed by atoms with E-state index in [1.54, 1.807) is 22.5 Å². The molecule has 1 N–H and O–H groups in total. The van der Waals surface area contributed by atoms with E-state index >= 15 is 0 Å². The van der Waals surface area contributed by atoms with Crippen LogP contribution in [0.25, 0.3) is 6.08 Å². The third kappa shape index (κ3) is 6.14. The van der Waals surface area contributed by atoms with Gasteiger partial charge in [0, 0.05) is 11.6 Å². The highest BCUT2D eigenvalue weighted by atomic mass is 35.5. The number of aryl methyl sites for hydroxylation is 1. The first-order valence-electron chi connectivity index (χ1n) is 8.78. The van der Waals surface area contributed by atoms with Crippen LogP contribution >= 0.6 is 23.4 Å². The summed E-state index contributed by atoms with van der Waals surface area (Å²) in [5.74, 6) is -0.107. The average molecular weight is 422 g/mol. The number of benzene rings is 1. The molecule has 0 saturated carbocycles. The summed E-state index contributed by atoms with van der Waals surface area (Å²) in [5.41, 5.74) is 2.47. The van der Waals surface area contributed by atoms with Crippen molar-refractivity contribution in [3.63, 3.8) is 0 Å². The van der Waals surface area contributed by atoms with Gasteiger partial charge in [-0.15, -0.1) is 0 Å². The molecule has 0 bridgehead atoms. The van der Waals surface area contributed by atoms with E-state index in [-0.39, 0.29) is 5.91 Å². The van der Waals surface area contributed by atoms with Crippen molar-refractivity contribution in [1.29, 1.82) is 0 Å². The molecule has 0 aliphatic heterocycles. The molecule has 1 aromatic heterocycles. The van der Waals surface area contributed by atoms with Gasteiger partial charge in [0.05, 0.1) is 19.3 Å². The zero-order valence-electron chi connectivity index (χ0n) is 16.1. The van der Waals surface area contributed by atoms with E-state index in [4.69, 9.17) is 16.3 Å². The van der Waals surface area contributed by atoms with Gasteiger partial charge in [-0.1, -0.05) is 41.9 Å². The highest BCUT2D eigenvalue weighted by Crippen LogP contribution is 2.22. The number of thioether (sulfide) groups is 1. The Morgan fingerprint density at radius 3 is 2.71 bits per heavy atom. The van der Waals surface area contributed by atoms with Crippen molar-refractivity contribution in [2.75, 3.05) is 19.1 Å². The van der Waals surface area contributed by atoms with Gasteiger partial charge in [0.15, 0.2) is 0 Å². The van der Waals surface area contributed by atoms with Gasteiger partial charge < -0.3 is 10.1 Å². The Hall–Kier alpha value is -2.25. The maximum atomic E-state index is 12.2. The van der Waals surface area contributed by atoms with Crippen molar-refractivity contribution >= 4 is 41.3 Å². The molecule has 6 nitrogen and oxygen atoms in total. The van der Waals surface area contributed by atoms with Crippen LogP contribution in [-0.4, -0.2) is 46.8 Å². The number of carbonyl (C=O) groups is 2. The first-order chi connectivity index (χ1) is 13.5. The smallest absolute Gasteiger partial charge is 0.328 e. The minimum atomic E-state index is -0.674. The van der Waals surface area contributed by atoms with Gasteiger partial charge >= 0.3 is 5.97 Å². The molecule has 1 amide bonds. The van der Waals surface area contributed by atoms with Gasteiger partial charge in [-0.2, -0.15) is 16.9 Å². The fraction of sp³-hybridized carbons (Fsp3) is 0.350. The number of aromatic nitrogens is 2. The Balaban J connectivity index is 2.08. The standard InChI is InChI=1S/C20H24ClN3O3S/c1-14-16(19(21)24(23-14)13-15-7-5-4-6-8-15)9-10-18(25)22-17(11-12-28-3)20(26)27-2/h4-10,17H,11-13H2,1-3H3,(H,22,25)/b10-9+/t17-/m0/s1. The van der Waals surface area contributed by atoms with E-state index < -0.39 is 12.0 Å². The number of carbonyl (C=O) groups excluding carboxylic acids is 2. The van der Waals surface area contributed by atoms with Gasteiger partial charge in [0.25, 0.3) is 0 Å². The lowest BCUT2D eigenvalue weighted by Crippen LogP contribution is -2.41. The van der Waals surface area contributed by atoms with Crippen LogP contribution in [0.1, 0.15) is 23.2 Å². The summed E-state index contributed by atoms with van der Waals surface area (Å²) in [6.45, 7) is 2.38. The molecule has 2 aromatic rings. The number of methoxy groups -OCH3 is 1. The Morgan fingerprint density at radius 1 is 1.36 bits per heavy atom. The second-order valence-corrected chi connectivity index (χ2v) is 7.48. The lowest BCUT2D eigenvalue weighted by Gasteiger charge is -2.14. The molecule has 0 spiro atoms. The molecule has 0 aliphatic carbocycles. The predicted octanol–water partition coefficient (Wildman–Crippen LogP) is 3.32. The molecule has 28 heavy (non-hydrogen) atoms. The highest BCUT2D eigenvalue weighted by Gasteiger charge is 2.20. The normalized spacial score (nSPS) is 12.1. The van der Waals surface area contributed by atoms with Crippen molar-refractivity contribution < 1.29 is 14.3 Å². The maximum Gasteiger partial charge on any atom is 0.328 e. The van der Waals surface area contributed by atoms with Crippen molar-refractivity contribution in [1.82, 2.24) is 15.1 Å². The van der Waals surface area contributed by atoms with Crippen LogP contribution in [0.4, 0.5) is 0 Å². The number of amides is 1. The summed E-state index contributed by atoms with van der Waals surface area (Å²) < 4.78 is 6.44. The van der Waals surface area contributed by atoms with Crippen LogP contribution in [0, 0.1) is 6.92 Å². The highest BCUT2D eigenvalue weighted by molar-refractivity contribution is 7.98. The third-order valence-corrected chi connectivity index (χ3v) is 5.14. The number of halogens is 1. The summed E-state index contributed by atoms with van der Waals surface area (Å²) in [6.07, 6.45) is 5.42. The van der Waals surface area contributed by atoms with E-state index in [0.29, 0.717) is 23.7 Å². The molecule has 1 heterocycles. The fourth-order valence-electron chi connectivity index (χ4n) is 2.62. The molecule has 0 saturated heterocycles. The number of nitrogens with one attached hydrogen (secondary N) is 1. The molecule has 1 aromatic carbocycles. The number of nitrogens with zero attached hydrogens (tertiary/aromatic N) is 2. The van der Waals surface area contributed by atoms with Crippen LogP contribution in [0.15, 0.2) is 36.4 Å². The van der Waals surface area contributed by atoms with Crippen LogP contribution in [0.5, 0.6) is 0 Å². The van der Waals surface area contributed by atoms with Gasteiger partial charge in [-0.05, 0) is 37.0 Å². The lowest BCUT2D eigenvalue weighted by atomic mass is 10.2. The molecule has 2 rings (SSSR count). The van der Waals surface area contributed by atoms with Gasteiger partial charge in [0.1, 0.15) is 11.2 Å². The van der Waals surface area contributed by atoms with E-state index in [2.05, 4.69) is 10.4 Å². The van der Waals surface area contributed by atoms with Crippen LogP contribution in [-0.2, 0) is 20.9 Å². The molecule has 150 valence electrons. The van der Waals surface area contributed by atoms with Gasteiger partial charge in [-0.3, -0.25) is 4.79 Å². The number of esters is 1. The SMILES string of the molecule is COC(=O)[C@H](CCSC)NC(=O)/C=C/c1c(C)nn(Cc2ccccc2)c1Cl. The molecule has 8 heteroatoms. The minimum Gasteiger partial charge on any atom is -0.467 e. The average Bonchev–Trinajstić information content (AvgIpc) is 2.96. The first kappa shape index (κ1) is 22.0.